The summed E-state index contributed by atoms with van der Waals surface area (Å²) < 4.78 is 0. The van der Waals surface area contributed by atoms with E-state index in [2.05, 4.69) is 20.0 Å². The Morgan fingerprint density at radius 3 is 1.60 bits per heavy atom. The second-order valence-electron chi connectivity index (χ2n) is 3.27. The van der Waals surface area contributed by atoms with Crippen molar-refractivity contribution in [2.75, 3.05) is 26.2 Å². The summed E-state index contributed by atoms with van der Waals surface area (Å²) in [4.78, 5) is 32.7. The zero-order valence-electron chi connectivity index (χ0n) is 12.5. The summed E-state index contributed by atoms with van der Waals surface area (Å²) in [5.41, 5.74) is 12.8. The van der Waals surface area contributed by atoms with E-state index in [1.807, 2.05) is 0 Å². The first-order valence-electron chi connectivity index (χ1n) is 5.83. The number of aliphatic carboxylic acids is 2. The van der Waals surface area contributed by atoms with Gasteiger partial charge in [0.1, 0.15) is 13.1 Å². The molecular formula is C11H15Cu2N6O6-4. The van der Waals surface area contributed by atoms with Crippen molar-refractivity contribution in [1.29, 1.82) is 0 Å². The molecule has 0 spiro atoms. The van der Waals surface area contributed by atoms with Gasteiger partial charge < -0.3 is 41.9 Å². The van der Waals surface area contributed by atoms with Crippen LogP contribution in [0, 0.1) is 0 Å². The topological polar surface area (TPSA) is 220 Å². The fourth-order valence-electron chi connectivity index (χ4n) is 0.616. The third-order valence-corrected chi connectivity index (χ3v) is 1.46. The van der Waals surface area contributed by atoms with Crippen molar-refractivity contribution in [1.82, 2.24) is 9.97 Å². The molecule has 0 fully saturated rings. The Kier molecular flexibility index (Phi) is 27.2. The average molecular weight is 454 g/mol. The summed E-state index contributed by atoms with van der Waals surface area (Å²) in [5.74, 6) is -3.71. The molecule has 0 saturated carbocycles. The van der Waals surface area contributed by atoms with E-state index >= 15 is 0 Å². The van der Waals surface area contributed by atoms with Crippen LogP contribution in [-0.4, -0.2) is 65.1 Å². The van der Waals surface area contributed by atoms with Crippen molar-refractivity contribution in [2.45, 2.75) is 0 Å². The van der Waals surface area contributed by atoms with Crippen molar-refractivity contribution < 1.29 is 64.2 Å². The third kappa shape index (κ3) is 30.5. The second-order valence-corrected chi connectivity index (χ2v) is 3.27. The molecule has 1 aromatic rings. The van der Waals surface area contributed by atoms with Gasteiger partial charge in [-0.25, -0.2) is 0 Å². The van der Waals surface area contributed by atoms with E-state index in [4.69, 9.17) is 21.7 Å². The molecule has 0 atom stereocenters. The van der Waals surface area contributed by atoms with Crippen LogP contribution in [0.2, 0.25) is 0 Å². The number of hydrogen-bond donors (Lipinski definition) is 2. The van der Waals surface area contributed by atoms with Crippen LogP contribution in [0.3, 0.4) is 0 Å². The minimum absolute atomic E-state index is 0. The minimum Gasteiger partial charge on any atom is -0.863 e. The molecule has 0 aliphatic rings. The van der Waals surface area contributed by atoms with E-state index in [-0.39, 0.29) is 34.1 Å². The number of nitrogens with zero attached hydrogens (tertiary/aromatic N) is 4. The number of carboxylic acid groups (broad SMARTS) is 2. The number of nitrogens with one attached hydrogen (secondary N) is 2. The first-order valence-corrected chi connectivity index (χ1v) is 5.83. The summed E-state index contributed by atoms with van der Waals surface area (Å²) in [6.07, 6.45) is 4.78. The van der Waals surface area contributed by atoms with Gasteiger partial charge in [-0.15, -0.1) is 13.1 Å². The van der Waals surface area contributed by atoms with E-state index in [1.54, 1.807) is 12.4 Å². The molecular weight excluding hydrogens is 439 g/mol. The SMILES string of the molecule is [Cu+].[Cu].[NH-]CC([O-])=NCC(=O)O.[NH-]CC([O-])=NCC(=O)O.c1c[n-]cn1. The van der Waals surface area contributed by atoms with Crippen molar-refractivity contribution >= 4 is 23.7 Å². The first-order chi connectivity index (χ1) is 10.8. The summed E-state index contributed by atoms with van der Waals surface area (Å²) >= 11 is 0. The van der Waals surface area contributed by atoms with Gasteiger partial charge in [-0.2, -0.15) is 0 Å². The van der Waals surface area contributed by atoms with E-state index in [9.17, 15) is 19.8 Å². The van der Waals surface area contributed by atoms with Gasteiger partial charge in [-0.3, -0.25) is 19.6 Å². The van der Waals surface area contributed by atoms with Crippen molar-refractivity contribution in [3.8, 4) is 0 Å². The van der Waals surface area contributed by atoms with Gasteiger partial charge >= 0.3 is 29.0 Å². The van der Waals surface area contributed by atoms with Crippen molar-refractivity contribution in [2.24, 2.45) is 9.98 Å². The van der Waals surface area contributed by atoms with Gasteiger partial charge in [0, 0.05) is 17.1 Å². The van der Waals surface area contributed by atoms with E-state index in [1.165, 1.54) is 6.33 Å². The molecule has 0 aliphatic carbocycles. The maximum atomic E-state index is 10.1. The molecule has 1 aromatic heterocycles. The van der Waals surface area contributed by atoms with Crippen LogP contribution in [0.1, 0.15) is 0 Å². The van der Waals surface area contributed by atoms with Gasteiger partial charge in [-0.1, -0.05) is 30.5 Å². The predicted molar refractivity (Wildman–Crippen MR) is 75.8 cm³/mol. The Balaban J connectivity index is -0.000000131. The molecule has 0 saturated heterocycles. The van der Waals surface area contributed by atoms with Crippen LogP contribution >= 0.6 is 0 Å². The van der Waals surface area contributed by atoms with Crippen LogP contribution in [0.5, 0.6) is 0 Å². The van der Waals surface area contributed by atoms with E-state index < -0.39 is 49.9 Å². The predicted octanol–water partition coefficient (Wildman–Crippen LogP) is -2.20. The van der Waals surface area contributed by atoms with Gasteiger partial charge in [0.2, 0.25) is 0 Å². The van der Waals surface area contributed by atoms with Gasteiger partial charge in [0.15, 0.2) is 0 Å². The Hall–Kier alpha value is -1.95. The van der Waals surface area contributed by atoms with Crippen molar-refractivity contribution in [3.05, 3.63) is 30.2 Å². The summed E-state index contributed by atoms with van der Waals surface area (Å²) in [5, 5.41) is 36.1. The smallest absolute Gasteiger partial charge is 0.863 e. The second kappa shape index (κ2) is 22.0. The molecule has 4 N–H and O–H groups in total. The molecule has 0 amide bonds. The standard InChI is InChI=1S/2C4H7N2O3.C3H3N2.2Cu/c2*5-1-3(7)6-2-4(8)9;1-2-5-3-4-1;;/h2*5H,1-2H2,(H,6,7)(H,8,9);1-3H;;/q3*-1;;+1/p-2. The van der Waals surface area contributed by atoms with Crippen LogP contribution in [0.4, 0.5) is 0 Å². The molecule has 12 nitrogen and oxygen atoms in total. The summed E-state index contributed by atoms with van der Waals surface area (Å²) in [6.45, 7) is -2.02. The number of imidazole rings is 1. The molecule has 1 heterocycles. The normalized spacial score (nSPS) is 9.84. The molecule has 151 valence electrons. The molecule has 14 heteroatoms. The maximum Gasteiger partial charge on any atom is 1.00 e. The monoisotopic (exact) mass is 453 g/mol. The first kappa shape index (κ1) is 30.9. The maximum absolute atomic E-state index is 10.1. The van der Waals surface area contributed by atoms with Crippen LogP contribution in [-0.2, 0) is 43.7 Å². The third-order valence-electron chi connectivity index (χ3n) is 1.46. The fourth-order valence-corrected chi connectivity index (χ4v) is 0.616. The molecule has 25 heavy (non-hydrogen) atoms. The van der Waals surface area contributed by atoms with Gasteiger partial charge in [0.05, 0.1) is 0 Å². The van der Waals surface area contributed by atoms with Crippen LogP contribution < -0.4 is 15.2 Å². The Bertz CT molecular complexity index is 448. The van der Waals surface area contributed by atoms with Gasteiger partial charge in [-0.05, 0) is 0 Å². The van der Waals surface area contributed by atoms with Gasteiger partial charge in [0.25, 0.3) is 0 Å². The van der Waals surface area contributed by atoms with E-state index in [0.717, 1.165) is 0 Å². The zero-order chi connectivity index (χ0) is 18.1. The number of aliphatic imine (C=N–C) groups is 2. The molecule has 1 rings (SSSR count). The molecule has 0 aliphatic heterocycles. The molecule has 0 bridgehead atoms. The quantitative estimate of drug-likeness (QED) is 0.272. The number of rotatable bonds is 6. The van der Waals surface area contributed by atoms with Crippen molar-refractivity contribution in [3.63, 3.8) is 0 Å². The number of carbonyl (C=O) groups is 2. The number of hydrogen-bond acceptors (Lipinski definition) is 7. The van der Waals surface area contributed by atoms with E-state index in [0.29, 0.717) is 0 Å². The Morgan fingerprint density at radius 1 is 1.04 bits per heavy atom. The summed E-state index contributed by atoms with van der Waals surface area (Å²) in [6, 6.07) is 0. The minimum atomic E-state index is -1.16. The summed E-state index contributed by atoms with van der Waals surface area (Å²) in [7, 11) is 0. The Labute approximate surface area is 164 Å². The fraction of sp³-hybridized carbons (Fsp3) is 0.364. The number of aromatic nitrogens is 2. The number of carboxylic acids is 2. The molecule has 0 aromatic carbocycles. The van der Waals surface area contributed by atoms with Crippen LogP contribution in [0.15, 0.2) is 28.7 Å². The molecule has 0 unspecified atom stereocenters. The Morgan fingerprint density at radius 2 is 1.44 bits per heavy atom. The zero-order valence-corrected chi connectivity index (χ0v) is 14.4. The van der Waals surface area contributed by atoms with Crippen LogP contribution in [0.25, 0.3) is 11.5 Å². The largest absolute Gasteiger partial charge is 1.00 e. The molecule has 1 radical (unpaired) electrons. The average Bonchev–Trinajstić information content (AvgIpc) is 3.10.